The van der Waals surface area contributed by atoms with Gasteiger partial charge in [-0.05, 0) is 57.7 Å². The van der Waals surface area contributed by atoms with Crippen molar-refractivity contribution in [3.63, 3.8) is 0 Å². The van der Waals surface area contributed by atoms with E-state index < -0.39 is 5.60 Å². The van der Waals surface area contributed by atoms with E-state index in [1.807, 2.05) is 13.1 Å². The molecule has 1 saturated carbocycles. The lowest BCUT2D eigenvalue weighted by Crippen LogP contribution is -2.38. The van der Waals surface area contributed by atoms with Gasteiger partial charge in [0.25, 0.3) is 0 Å². The summed E-state index contributed by atoms with van der Waals surface area (Å²) in [5.41, 5.74) is 2.54. The molecule has 3 heteroatoms. The summed E-state index contributed by atoms with van der Waals surface area (Å²) in [7, 11) is 3.68. The summed E-state index contributed by atoms with van der Waals surface area (Å²) in [4.78, 5) is 0. The SMILES string of the molecule is CNC1CCC(O)(c2ccc(C)c(C)c2OC)CC1. The third-order valence-corrected chi connectivity index (χ3v) is 4.60. The number of aryl methyl sites for hydroxylation is 1. The molecule has 2 N–H and O–H groups in total. The highest BCUT2D eigenvalue weighted by atomic mass is 16.5. The molecule has 0 bridgehead atoms. The Morgan fingerprint density at radius 1 is 1.26 bits per heavy atom. The fourth-order valence-electron chi connectivity index (χ4n) is 3.07. The molecule has 19 heavy (non-hydrogen) atoms. The molecule has 1 aromatic carbocycles. The van der Waals surface area contributed by atoms with E-state index in [1.165, 1.54) is 5.56 Å². The lowest BCUT2D eigenvalue weighted by atomic mass is 9.76. The Morgan fingerprint density at radius 3 is 2.42 bits per heavy atom. The van der Waals surface area contributed by atoms with Crippen LogP contribution in [0.25, 0.3) is 0 Å². The number of rotatable bonds is 3. The molecule has 0 heterocycles. The minimum Gasteiger partial charge on any atom is -0.496 e. The van der Waals surface area contributed by atoms with Crippen molar-refractivity contribution in [3.05, 3.63) is 28.8 Å². The van der Waals surface area contributed by atoms with Crippen LogP contribution in [-0.4, -0.2) is 25.3 Å². The summed E-state index contributed by atoms with van der Waals surface area (Å²) in [5, 5.41) is 14.3. The maximum atomic E-state index is 11.0. The predicted octanol–water partition coefficient (Wildman–Crippen LogP) is 2.66. The summed E-state index contributed by atoms with van der Waals surface area (Å²) in [6, 6.07) is 4.63. The van der Waals surface area contributed by atoms with E-state index in [-0.39, 0.29) is 0 Å². The zero-order valence-corrected chi connectivity index (χ0v) is 12.4. The Bertz CT molecular complexity index is 448. The van der Waals surface area contributed by atoms with Crippen LogP contribution in [0.5, 0.6) is 5.75 Å². The van der Waals surface area contributed by atoms with Crippen molar-refractivity contribution in [2.45, 2.75) is 51.2 Å². The van der Waals surface area contributed by atoms with Crippen molar-refractivity contribution in [2.24, 2.45) is 0 Å². The lowest BCUT2D eigenvalue weighted by Gasteiger charge is -2.37. The Kier molecular flexibility index (Phi) is 4.16. The second-order valence-electron chi connectivity index (χ2n) is 5.68. The fraction of sp³-hybridized carbons (Fsp3) is 0.625. The zero-order valence-electron chi connectivity index (χ0n) is 12.4. The standard InChI is InChI=1S/C16H25NO2/c1-11-5-6-14(15(19-4)12(11)2)16(18)9-7-13(17-3)8-10-16/h5-6,13,17-18H,7-10H2,1-4H3. The van der Waals surface area contributed by atoms with Gasteiger partial charge in [-0.2, -0.15) is 0 Å². The van der Waals surface area contributed by atoms with Crippen LogP contribution < -0.4 is 10.1 Å². The van der Waals surface area contributed by atoms with Crippen LogP contribution in [0, 0.1) is 13.8 Å². The molecule has 0 saturated heterocycles. The largest absolute Gasteiger partial charge is 0.496 e. The highest BCUT2D eigenvalue weighted by Gasteiger charge is 2.37. The highest BCUT2D eigenvalue weighted by molar-refractivity contribution is 5.48. The van der Waals surface area contributed by atoms with Crippen LogP contribution >= 0.6 is 0 Å². The highest BCUT2D eigenvalue weighted by Crippen LogP contribution is 2.42. The van der Waals surface area contributed by atoms with Gasteiger partial charge in [0, 0.05) is 11.6 Å². The van der Waals surface area contributed by atoms with Crippen LogP contribution in [0.2, 0.25) is 0 Å². The van der Waals surface area contributed by atoms with E-state index in [0.29, 0.717) is 6.04 Å². The quantitative estimate of drug-likeness (QED) is 0.881. The van der Waals surface area contributed by atoms with Crippen molar-refractivity contribution in [2.75, 3.05) is 14.2 Å². The van der Waals surface area contributed by atoms with Gasteiger partial charge in [0.2, 0.25) is 0 Å². The molecule has 3 nitrogen and oxygen atoms in total. The molecule has 0 unspecified atom stereocenters. The van der Waals surface area contributed by atoms with E-state index in [4.69, 9.17) is 4.74 Å². The molecular weight excluding hydrogens is 238 g/mol. The molecule has 0 radical (unpaired) electrons. The Balaban J connectivity index is 2.34. The number of nitrogens with one attached hydrogen (secondary N) is 1. The summed E-state index contributed by atoms with van der Waals surface area (Å²) >= 11 is 0. The number of hydrogen-bond acceptors (Lipinski definition) is 3. The molecule has 0 aromatic heterocycles. The molecular formula is C16H25NO2. The maximum Gasteiger partial charge on any atom is 0.128 e. The van der Waals surface area contributed by atoms with E-state index in [0.717, 1.165) is 42.6 Å². The van der Waals surface area contributed by atoms with Crippen LogP contribution in [-0.2, 0) is 5.60 Å². The smallest absolute Gasteiger partial charge is 0.128 e. The first-order valence-electron chi connectivity index (χ1n) is 7.06. The van der Waals surface area contributed by atoms with Crippen LogP contribution in [0.15, 0.2) is 12.1 Å². The van der Waals surface area contributed by atoms with Crippen LogP contribution in [0.3, 0.4) is 0 Å². The predicted molar refractivity (Wildman–Crippen MR) is 77.7 cm³/mol. The van der Waals surface area contributed by atoms with Crippen molar-refractivity contribution >= 4 is 0 Å². The van der Waals surface area contributed by atoms with Gasteiger partial charge in [-0.25, -0.2) is 0 Å². The summed E-state index contributed by atoms with van der Waals surface area (Å²) in [6.45, 7) is 4.13. The number of methoxy groups -OCH3 is 1. The Labute approximate surface area is 116 Å². The van der Waals surface area contributed by atoms with Gasteiger partial charge in [0.15, 0.2) is 0 Å². The minimum absolute atomic E-state index is 0.526. The maximum absolute atomic E-state index is 11.0. The van der Waals surface area contributed by atoms with E-state index >= 15 is 0 Å². The molecule has 0 spiro atoms. The number of ether oxygens (including phenoxy) is 1. The number of benzene rings is 1. The zero-order chi connectivity index (χ0) is 14.0. The van der Waals surface area contributed by atoms with Gasteiger partial charge >= 0.3 is 0 Å². The van der Waals surface area contributed by atoms with Crippen molar-refractivity contribution in [1.82, 2.24) is 5.32 Å². The van der Waals surface area contributed by atoms with E-state index in [9.17, 15) is 5.11 Å². The van der Waals surface area contributed by atoms with Gasteiger partial charge < -0.3 is 15.2 Å². The molecule has 106 valence electrons. The first-order valence-corrected chi connectivity index (χ1v) is 7.06. The number of aliphatic hydroxyl groups is 1. The average molecular weight is 263 g/mol. The molecule has 2 rings (SSSR count). The molecule has 1 aliphatic rings. The van der Waals surface area contributed by atoms with E-state index in [2.05, 4.69) is 25.2 Å². The second-order valence-corrected chi connectivity index (χ2v) is 5.68. The van der Waals surface area contributed by atoms with Crippen molar-refractivity contribution < 1.29 is 9.84 Å². The van der Waals surface area contributed by atoms with Crippen molar-refractivity contribution in [3.8, 4) is 5.75 Å². The van der Waals surface area contributed by atoms with Crippen LogP contribution in [0.1, 0.15) is 42.4 Å². The first-order chi connectivity index (χ1) is 9.01. The van der Waals surface area contributed by atoms with Gasteiger partial charge in [0.05, 0.1) is 12.7 Å². The first kappa shape index (κ1) is 14.4. The molecule has 0 aliphatic heterocycles. The summed E-state index contributed by atoms with van der Waals surface area (Å²) in [5.74, 6) is 0.852. The Hall–Kier alpha value is -1.06. The topological polar surface area (TPSA) is 41.5 Å². The third kappa shape index (κ3) is 2.63. The molecule has 0 atom stereocenters. The monoisotopic (exact) mass is 263 g/mol. The fourth-order valence-corrected chi connectivity index (χ4v) is 3.07. The summed E-state index contributed by atoms with van der Waals surface area (Å²) < 4.78 is 5.55. The normalized spacial score (nSPS) is 27.3. The minimum atomic E-state index is -0.739. The lowest BCUT2D eigenvalue weighted by molar-refractivity contribution is -0.00955. The van der Waals surface area contributed by atoms with Crippen molar-refractivity contribution in [1.29, 1.82) is 0 Å². The number of hydrogen-bond donors (Lipinski definition) is 2. The molecule has 1 aliphatic carbocycles. The average Bonchev–Trinajstić information content (AvgIpc) is 2.42. The third-order valence-electron chi connectivity index (χ3n) is 4.60. The van der Waals surface area contributed by atoms with Crippen LogP contribution in [0.4, 0.5) is 0 Å². The van der Waals surface area contributed by atoms with E-state index in [1.54, 1.807) is 7.11 Å². The molecule has 1 fully saturated rings. The second kappa shape index (κ2) is 5.51. The van der Waals surface area contributed by atoms with Gasteiger partial charge in [0.1, 0.15) is 5.75 Å². The Morgan fingerprint density at radius 2 is 1.89 bits per heavy atom. The summed E-state index contributed by atoms with van der Waals surface area (Å²) in [6.07, 6.45) is 3.58. The van der Waals surface area contributed by atoms with Gasteiger partial charge in [-0.1, -0.05) is 12.1 Å². The molecule has 0 amide bonds. The van der Waals surface area contributed by atoms with Gasteiger partial charge in [-0.15, -0.1) is 0 Å². The molecule has 1 aromatic rings. The van der Waals surface area contributed by atoms with Gasteiger partial charge in [-0.3, -0.25) is 0 Å².